The third-order valence-corrected chi connectivity index (χ3v) is 8.99. The van der Waals surface area contributed by atoms with Crippen LogP contribution in [-0.4, -0.2) is 41.1 Å². The van der Waals surface area contributed by atoms with Crippen LogP contribution in [0.2, 0.25) is 4.34 Å². The Morgan fingerprint density at radius 1 is 1.31 bits per heavy atom. The molecular weight excluding hydrogens is 460 g/mol. The summed E-state index contributed by atoms with van der Waals surface area (Å²) in [6, 6.07) is 6.33. The number of nitrogens with zero attached hydrogens (tertiary/aromatic N) is 3. The van der Waals surface area contributed by atoms with Crippen LogP contribution in [0.1, 0.15) is 12.8 Å². The summed E-state index contributed by atoms with van der Waals surface area (Å²) in [6.07, 6.45) is 0.947. The SMILES string of the molecule is O=C(Nc1nc2cc([N+](=O)[O-])ccc2s1)C1CCCN1S(=O)(=O)c1ccc(Cl)s1. The predicted octanol–water partition coefficient (Wildman–Crippen LogP) is 3.71. The molecule has 3 heterocycles. The van der Waals surface area contributed by atoms with Crippen molar-refractivity contribution in [2.75, 3.05) is 11.9 Å². The molecule has 1 N–H and O–H groups in total. The number of carbonyl (C=O) groups is 1. The van der Waals surface area contributed by atoms with Crippen LogP contribution >= 0.6 is 34.3 Å². The van der Waals surface area contributed by atoms with Gasteiger partial charge >= 0.3 is 0 Å². The summed E-state index contributed by atoms with van der Waals surface area (Å²) in [4.78, 5) is 27.4. The summed E-state index contributed by atoms with van der Waals surface area (Å²) in [5, 5.41) is 13.8. The molecule has 3 aromatic rings. The monoisotopic (exact) mass is 472 g/mol. The zero-order valence-electron chi connectivity index (χ0n) is 14.6. The van der Waals surface area contributed by atoms with Crippen LogP contribution in [0.3, 0.4) is 0 Å². The van der Waals surface area contributed by atoms with E-state index in [2.05, 4.69) is 10.3 Å². The minimum Gasteiger partial charge on any atom is -0.301 e. The predicted molar refractivity (Wildman–Crippen MR) is 111 cm³/mol. The third kappa shape index (κ3) is 3.85. The van der Waals surface area contributed by atoms with E-state index in [1.807, 2.05) is 0 Å². The van der Waals surface area contributed by atoms with E-state index in [9.17, 15) is 23.3 Å². The van der Waals surface area contributed by atoms with Gasteiger partial charge < -0.3 is 5.32 Å². The van der Waals surface area contributed by atoms with Crippen LogP contribution in [0.5, 0.6) is 0 Å². The Kier molecular flexibility index (Phi) is 5.29. The number of nitro groups is 1. The van der Waals surface area contributed by atoms with Gasteiger partial charge in [0.05, 0.1) is 19.5 Å². The standard InChI is InChI=1S/C16H13ClN4O5S3/c17-13-5-6-14(28-13)29(25,26)20-7-1-2-11(20)15(22)19-16-18-10-8-9(21(23)24)3-4-12(10)27-16/h3-6,8,11H,1-2,7H2,(H,18,19,22). The number of non-ortho nitro benzene ring substituents is 1. The highest BCUT2D eigenvalue weighted by atomic mass is 35.5. The summed E-state index contributed by atoms with van der Waals surface area (Å²) in [5.74, 6) is -0.484. The number of thiophene rings is 1. The van der Waals surface area contributed by atoms with Crippen LogP contribution in [0.4, 0.5) is 10.8 Å². The molecule has 1 amide bonds. The molecule has 0 saturated carbocycles. The number of sulfonamides is 1. The fourth-order valence-corrected chi connectivity index (χ4v) is 7.23. The molecule has 9 nitrogen and oxygen atoms in total. The number of benzene rings is 1. The van der Waals surface area contributed by atoms with Gasteiger partial charge in [-0.25, -0.2) is 13.4 Å². The molecule has 1 aliphatic rings. The van der Waals surface area contributed by atoms with Gasteiger partial charge in [-0.3, -0.25) is 14.9 Å². The zero-order chi connectivity index (χ0) is 20.8. The molecule has 1 atom stereocenters. The first-order chi connectivity index (χ1) is 13.8. The van der Waals surface area contributed by atoms with E-state index in [0.717, 1.165) is 22.7 Å². The number of nitro benzene ring substituents is 1. The second-order valence-electron chi connectivity index (χ2n) is 6.25. The molecule has 0 aliphatic carbocycles. The molecular formula is C16H13ClN4O5S3. The fraction of sp³-hybridized carbons (Fsp3) is 0.250. The van der Waals surface area contributed by atoms with Crippen molar-refractivity contribution in [3.05, 3.63) is 44.8 Å². The van der Waals surface area contributed by atoms with Gasteiger partial charge in [-0.15, -0.1) is 11.3 Å². The Morgan fingerprint density at radius 3 is 2.79 bits per heavy atom. The first-order valence-electron chi connectivity index (χ1n) is 8.39. The minimum atomic E-state index is -3.83. The number of anilines is 1. The van der Waals surface area contributed by atoms with Gasteiger partial charge in [-0.1, -0.05) is 22.9 Å². The van der Waals surface area contributed by atoms with Crippen molar-refractivity contribution in [2.24, 2.45) is 0 Å². The maximum atomic E-state index is 12.9. The van der Waals surface area contributed by atoms with Crippen LogP contribution in [-0.2, 0) is 14.8 Å². The number of carbonyl (C=O) groups excluding carboxylic acids is 1. The smallest absolute Gasteiger partial charge is 0.271 e. The minimum absolute atomic E-state index is 0.0921. The van der Waals surface area contributed by atoms with Gasteiger partial charge in [0, 0.05) is 18.7 Å². The highest BCUT2D eigenvalue weighted by Gasteiger charge is 2.40. The number of hydrogen-bond acceptors (Lipinski definition) is 8. The normalized spacial score (nSPS) is 17.6. The molecule has 1 aromatic carbocycles. The number of halogens is 1. The largest absolute Gasteiger partial charge is 0.301 e. The van der Waals surface area contributed by atoms with Gasteiger partial charge in [0.25, 0.3) is 15.7 Å². The lowest BCUT2D eigenvalue weighted by Gasteiger charge is -2.22. The zero-order valence-corrected chi connectivity index (χ0v) is 17.8. The Bertz CT molecular complexity index is 1220. The molecule has 1 aliphatic heterocycles. The third-order valence-electron chi connectivity index (χ3n) is 4.43. The van der Waals surface area contributed by atoms with Crippen molar-refractivity contribution in [2.45, 2.75) is 23.1 Å². The Hall–Kier alpha value is -2.12. The van der Waals surface area contributed by atoms with Gasteiger partial charge in [-0.05, 0) is 31.0 Å². The number of thiazole rings is 1. The second kappa shape index (κ2) is 7.61. The van der Waals surface area contributed by atoms with E-state index in [-0.39, 0.29) is 21.6 Å². The molecule has 29 heavy (non-hydrogen) atoms. The van der Waals surface area contributed by atoms with Crippen molar-refractivity contribution in [3.63, 3.8) is 0 Å². The van der Waals surface area contributed by atoms with E-state index in [1.165, 1.54) is 28.6 Å². The van der Waals surface area contributed by atoms with Crippen LogP contribution < -0.4 is 5.32 Å². The van der Waals surface area contributed by atoms with Crippen LogP contribution in [0.25, 0.3) is 10.2 Å². The second-order valence-corrected chi connectivity index (χ2v) is 11.1. The van der Waals surface area contributed by atoms with Crippen molar-refractivity contribution < 1.29 is 18.1 Å². The number of hydrogen-bond donors (Lipinski definition) is 1. The number of aromatic nitrogens is 1. The Balaban J connectivity index is 1.56. The fourth-order valence-electron chi connectivity index (χ4n) is 3.11. The summed E-state index contributed by atoms with van der Waals surface area (Å²) < 4.78 is 28.1. The maximum Gasteiger partial charge on any atom is 0.271 e. The van der Waals surface area contributed by atoms with E-state index in [0.29, 0.717) is 27.4 Å². The molecule has 13 heteroatoms. The van der Waals surface area contributed by atoms with Crippen molar-refractivity contribution >= 4 is 71.2 Å². The average molecular weight is 473 g/mol. The molecule has 2 aromatic heterocycles. The van der Waals surface area contributed by atoms with E-state index < -0.39 is 26.9 Å². The van der Waals surface area contributed by atoms with Crippen LogP contribution in [0.15, 0.2) is 34.5 Å². The quantitative estimate of drug-likeness (QED) is 0.446. The molecule has 0 spiro atoms. The lowest BCUT2D eigenvalue weighted by Crippen LogP contribution is -2.42. The Morgan fingerprint density at radius 2 is 2.10 bits per heavy atom. The maximum absolute atomic E-state index is 12.9. The molecule has 0 radical (unpaired) electrons. The summed E-state index contributed by atoms with van der Waals surface area (Å²) >= 11 is 7.96. The highest BCUT2D eigenvalue weighted by Crippen LogP contribution is 2.33. The van der Waals surface area contributed by atoms with Crippen molar-refractivity contribution in [1.82, 2.24) is 9.29 Å². The van der Waals surface area contributed by atoms with Crippen molar-refractivity contribution in [3.8, 4) is 0 Å². The van der Waals surface area contributed by atoms with Gasteiger partial charge in [-0.2, -0.15) is 4.31 Å². The number of rotatable bonds is 5. The molecule has 4 rings (SSSR count). The molecule has 1 fully saturated rings. The Labute approximate surface area is 178 Å². The molecule has 1 unspecified atom stereocenters. The highest BCUT2D eigenvalue weighted by molar-refractivity contribution is 7.91. The number of amides is 1. The molecule has 1 saturated heterocycles. The van der Waals surface area contributed by atoms with Crippen LogP contribution in [0, 0.1) is 10.1 Å². The van der Waals surface area contributed by atoms with Gasteiger partial charge in [0.15, 0.2) is 5.13 Å². The van der Waals surface area contributed by atoms with E-state index in [1.54, 1.807) is 6.07 Å². The lowest BCUT2D eigenvalue weighted by molar-refractivity contribution is -0.384. The molecule has 0 bridgehead atoms. The van der Waals surface area contributed by atoms with E-state index >= 15 is 0 Å². The summed E-state index contributed by atoms with van der Waals surface area (Å²) in [5.41, 5.74) is 0.298. The first-order valence-corrected chi connectivity index (χ1v) is 11.8. The molecule has 152 valence electrons. The number of fused-ring (bicyclic) bond motifs is 1. The summed E-state index contributed by atoms with van der Waals surface area (Å²) in [6.45, 7) is 0.238. The average Bonchev–Trinajstić information content (AvgIpc) is 3.39. The van der Waals surface area contributed by atoms with Gasteiger partial charge in [0.2, 0.25) is 5.91 Å². The first kappa shape index (κ1) is 20.2. The van der Waals surface area contributed by atoms with Gasteiger partial charge in [0.1, 0.15) is 10.3 Å². The lowest BCUT2D eigenvalue weighted by atomic mass is 10.2. The van der Waals surface area contributed by atoms with E-state index in [4.69, 9.17) is 11.6 Å². The van der Waals surface area contributed by atoms with Crippen molar-refractivity contribution in [1.29, 1.82) is 0 Å². The summed E-state index contributed by atoms with van der Waals surface area (Å²) in [7, 11) is -3.83. The topological polar surface area (TPSA) is 123 Å². The number of nitrogens with one attached hydrogen (secondary N) is 1.